The molecule has 1 aliphatic rings. The summed E-state index contributed by atoms with van der Waals surface area (Å²) in [4.78, 5) is 15.4. The van der Waals surface area contributed by atoms with Crippen molar-refractivity contribution in [2.24, 2.45) is 0 Å². The lowest BCUT2D eigenvalue weighted by Gasteiger charge is -2.38. The van der Waals surface area contributed by atoms with E-state index >= 15 is 0 Å². The van der Waals surface area contributed by atoms with Gasteiger partial charge < -0.3 is 19.7 Å². The quantitative estimate of drug-likeness (QED) is 0.343. The maximum atomic E-state index is 13.5. The maximum absolute atomic E-state index is 13.5. The van der Waals surface area contributed by atoms with Gasteiger partial charge in [-0.25, -0.2) is 0 Å². The van der Waals surface area contributed by atoms with Crippen LogP contribution in [0.3, 0.4) is 0 Å². The molecule has 0 aromatic heterocycles. The molecule has 0 saturated heterocycles. The second-order valence-corrected chi connectivity index (χ2v) is 8.51. The van der Waals surface area contributed by atoms with Crippen molar-refractivity contribution in [3.63, 3.8) is 0 Å². The number of para-hydroxylation sites is 1. The predicted molar refractivity (Wildman–Crippen MR) is 138 cm³/mol. The highest BCUT2D eigenvalue weighted by molar-refractivity contribution is 6.01. The van der Waals surface area contributed by atoms with Crippen LogP contribution in [-0.4, -0.2) is 24.5 Å². The lowest BCUT2D eigenvalue weighted by molar-refractivity contribution is 0.0666. The minimum Gasteiger partial charge on any atom is -0.493 e. The van der Waals surface area contributed by atoms with Gasteiger partial charge in [-0.1, -0.05) is 78.9 Å². The van der Waals surface area contributed by atoms with Crippen molar-refractivity contribution in [1.29, 1.82) is 0 Å². The van der Waals surface area contributed by atoms with E-state index in [0.29, 0.717) is 30.2 Å². The molecule has 0 spiro atoms. The molecule has 1 aliphatic heterocycles. The van der Waals surface area contributed by atoms with Crippen LogP contribution in [0.1, 0.15) is 33.2 Å². The molecule has 1 atom stereocenters. The van der Waals surface area contributed by atoms with Crippen LogP contribution in [0.15, 0.2) is 103 Å². The van der Waals surface area contributed by atoms with Crippen molar-refractivity contribution in [3.8, 4) is 11.5 Å². The molecule has 5 nitrogen and oxygen atoms in total. The fourth-order valence-electron chi connectivity index (χ4n) is 4.40. The third kappa shape index (κ3) is 4.99. The first-order chi connectivity index (χ1) is 17.2. The number of amides is 1. The van der Waals surface area contributed by atoms with Crippen molar-refractivity contribution < 1.29 is 14.3 Å². The van der Waals surface area contributed by atoms with Crippen molar-refractivity contribution in [3.05, 3.63) is 125 Å². The van der Waals surface area contributed by atoms with Gasteiger partial charge in [0.1, 0.15) is 6.17 Å². The fourth-order valence-corrected chi connectivity index (χ4v) is 4.40. The number of nitrogens with one attached hydrogen (secondary N) is 1. The van der Waals surface area contributed by atoms with Crippen LogP contribution in [-0.2, 0) is 13.0 Å². The number of hydrogen-bond acceptors (Lipinski definition) is 4. The first kappa shape index (κ1) is 22.5. The average Bonchev–Trinajstić information content (AvgIpc) is 2.91. The Balaban J connectivity index is 1.41. The Morgan fingerprint density at radius 3 is 2.23 bits per heavy atom. The highest BCUT2D eigenvalue weighted by atomic mass is 16.5. The van der Waals surface area contributed by atoms with Gasteiger partial charge in [0.25, 0.3) is 5.91 Å². The van der Waals surface area contributed by atoms with E-state index in [-0.39, 0.29) is 12.1 Å². The van der Waals surface area contributed by atoms with Crippen LogP contribution in [0.25, 0.3) is 0 Å². The molecule has 0 aliphatic carbocycles. The Kier molecular flexibility index (Phi) is 6.66. The molecule has 4 aromatic rings. The topological polar surface area (TPSA) is 50.8 Å². The number of benzene rings is 4. The van der Waals surface area contributed by atoms with Gasteiger partial charge in [-0.05, 0) is 41.0 Å². The molecule has 1 unspecified atom stereocenters. The lowest BCUT2D eigenvalue weighted by atomic mass is 10.0. The molecule has 1 N–H and O–H groups in total. The molecule has 0 bridgehead atoms. The van der Waals surface area contributed by atoms with Crippen LogP contribution in [0, 0.1) is 0 Å². The van der Waals surface area contributed by atoms with E-state index in [9.17, 15) is 4.79 Å². The van der Waals surface area contributed by atoms with E-state index in [4.69, 9.17) is 9.47 Å². The smallest absolute Gasteiger partial charge is 0.258 e. The minimum absolute atomic E-state index is 0.00430. The average molecular weight is 465 g/mol. The van der Waals surface area contributed by atoms with E-state index in [1.165, 1.54) is 5.56 Å². The summed E-state index contributed by atoms with van der Waals surface area (Å²) in [5, 5.41) is 3.56. The number of hydrogen-bond donors (Lipinski definition) is 1. The standard InChI is InChI=1S/C30H28N2O3/c1-34-28-20-24(16-17-27(28)35-19-18-22-10-4-2-5-11-22)29-31-26-15-9-8-14-25(26)30(33)32(29)21-23-12-6-3-7-13-23/h2-17,20,29,31H,18-19,21H2,1H3. The van der Waals surface area contributed by atoms with Crippen LogP contribution in [0.2, 0.25) is 0 Å². The first-order valence-corrected chi connectivity index (χ1v) is 11.8. The third-order valence-electron chi connectivity index (χ3n) is 6.21. The molecular formula is C30H28N2O3. The summed E-state index contributed by atoms with van der Waals surface area (Å²) < 4.78 is 11.7. The zero-order valence-electron chi connectivity index (χ0n) is 19.7. The van der Waals surface area contributed by atoms with Crippen LogP contribution in [0.4, 0.5) is 5.69 Å². The number of carbonyl (C=O) groups excluding carboxylic acids is 1. The number of nitrogens with zero attached hydrogens (tertiary/aromatic N) is 1. The molecule has 4 aromatic carbocycles. The Labute approximate surface area is 205 Å². The molecule has 0 radical (unpaired) electrons. The molecule has 176 valence electrons. The maximum Gasteiger partial charge on any atom is 0.258 e. The summed E-state index contributed by atoms with van der Waals surface area (Å²) in [6, 6.07) is 33.8. The molecule has 1 amide bonds. The highest BCUT2D eigenvalue weighted by Crippen LogP contribution is 2.37. The molecule has 5 rings (SSSR count). The number of fused-ring (bicyclic) bond motifs is 1. The predicted octanol–water partition coefficient (Wildman–Crippen LogP) is 6.08. The second kappa shape index (κ2) is 10.3. The summed E-state index contributed by atoms with van der Waals surface area (Å²) in [6.07, 6.45) is 0.469. The zero-order chi connectivity index (χ0) is 24.0. The van der Waals surface area contributed by atoms with E-state index in [0.717, 1.165) is 23.2 Å². The van der Waals surface area contributed by atoms with Crippen LogP contribution < -0.4 is 14.8 Å². The van der Waals surface area contributed by atoms with Gasteiger partial charge in [0, 0.05) is 18.7 Å². The summed E-state index contributed by atoms with van der Waals surface area (Å²) in [7, 11) is 1.64. The summed E-state index contributed by atoms with van der Waals surface area (Å²) >= 11 is 0. The minimum atomic E-state index is -0.343. The van der Waals surface area contributed by atoms with Gasteiger partial charge in [-0.3, -0.25) is 4.79 Å². The summed E-state index contributed by atoms with van der Waals surface area (Å²) in [5.74, 6) is 1.32. The van der Waals surface area contributed by atoms with E-state index < -0.39 is 0 Å². The molecule has 0 saturated carbocycles. The summed E-state index contributed by atoms with van der Waals surface area (Å²) in [5.41, 5.74) is 4.72. The van der Waals surface area contributed by atoms with Crippen LogP contribution >= 0.6 is 0 Å². The van der Waals surface area contributed by atoms with Crippen LogP contribution in [0.5, 0.6) is 11.5 Å². The summed E-state index contributed by atoms with van der Waals surface area (Å²) in [6.45, 7) is 1.04. The Hall–Kier alpha value is -4.25. The number of anilines is 1. The number of methoxy groups -OCH3 is 1. The third-order valence-corrected chi connectivity index (χ3v) is 6.21. The van der Waals surface area contributed by atoms with Gasteiger partial charge >= 0.3 is 0 Å². The molecule has 35 heavy (non-hydrogen) atoms. The van der Waals surface area contributed by atoms with Gasteiger partial charge in [-0.2, -0.15) is 0 Å². The number of rotatable bonds is 8. The lowest BCUT2D eigenvalue weighted by Crippen LogP contribution is -2.42. The zero-order valence-corrected chi connectivity index (χ0v) is 19.7. The Morgan fingerprint density at radius 1 is 0.800 bits per heavy atom. The highest BCUT2D eigenvalue weighted by Gasteiger charge is 2.33. The van der Waals surface area contributed by atoms with E-state index in [1.807, 2.05) is 95.9 Å². The Bertz CT molecular complexity index is 1290. The normalized spacial score (nSPS) is 14.7. The van der Waals surface area contributed by atoms with Crippen molar-refractivity contribution in [1.82, 2.24) is 4.90 Å². The number of carbonyl (C=O) groups is 1. The van der Waals surface area contributed by atoms with Gasteiger partial charge in [0.15, 0.2) is 11.5 Å². The molecule has 5 heteroatoms. The largest absolute Gasteiger partial charge is 0.493 e. The molecule has 1 heterocycles. The van der Waals surface area contributed by atoms with Crippen molar-refractivity contribution in [2.75, 3.05) is 19.0 Å². The Morgan fingerprint density at radius 2 is 1.49 bits per heavy atom. The van der Waals surface area contributed by atoms with Crippen molar-refractivity contribution in [2.45, 2.75) is 19.1 Å². The van der Waals surface area contributed by atoms with Gasteiger partial charge in [0.05, 0.1) is 19.3 Å². The first-order valence-electron chi connectivity index (χ1n) is 11.8. The van der Waals surface area contributed by atoms with Gasteiger partial charge in [0.2, 0.25) is 0 Å². The monoisotopic (exact) mass is 464 g/mol. The number of ether oxygens (including phenoxy) is 2. The molecular weight excluding hydrogens is 436 g/mol. The van der Waals surface area contributed by atoms with E-state index in [1.54, 1.807) is 7.11 Å². The fraction of sp³-hybridized carbons (Fsp3) is 0.167. The second-order valence-electron chi connectivity index (χ2n) is 8.51. The molecule has 0 fully saturated rings. The van der Waals surface area contributed by atoms with Gasteiger partial charge in [-0.15, -0.1) is 0 Å². The van der Waals surface area contributed by atoms with E-state index in [2.05, 4.69) is 17.4 Å². The SMILES string of the molecule is COc1cc(C2Nc3ccccc3C(=O)N2Cc2ccccc2)ccc1OCCc1ccccc1. The van der Waals surface area contributed by atoms with Crippen molar-refractivity contribution >= 4 is 11.6 Å².